The lowest BCUT2D eigenvalue weighted by molar-refractivity contribution is -0.147. The third-order valence-corrected chi connectivity index (χ3v) is 2.62. The number of hydrogen-bond acceptors (Lipinski definition) is 1. The molecule has 1 atom stereocenters. The van der Waals surface area contributed by atoms with Gasteiger partial charge in [-0.15, -0.1) is 11.6 Å². The van der Waals surface area contributed by atoms with Gasteiger partial charge in [0.1, 0.15) is 0 Å². The summed E-state index contributed by atoms with van der Waals surface area (Å²) in [6, 6.07) is 6.64. The Hall–Kier alpha value is -1.23. The highest BCUT2D eigenvalue weighted by Gasteiger charge is 2.43. The highest BCUT2D eigenvalue weighted by Crippen LogP contribution is 2.26. The van der Waals surface area contributed by atoms with Crippen molar-refractivity contribution in [2.45, 2.75) is 24.9 Å². The first kappa shape index (κ1) is 13.8. The Bertz CT molecular complexity index is 406. The van der Waals surface area contributed by atoms with Crippen molar-refractivity contribution in [3.8, 4) is 0 Å². The van der Waals surface area contributed by atoms with Crippen molar-refractivity contribution in [1.29, 1.82) is 0 Å². The van der Waals surface area contributed by atoms with Crippen molar-refractivity contribution in [2.75, 3.05) is 5.32 Å². The van der Waals surface area contributed by atoms with Crippen LogP contribution in [-0.4, -0.2) is 17.5 Å². The molecule has 0 aliphatic heterocycles. The van der Waals surface area contributed by atoms with E-state index in [2.05, 4.69) is 5.32 Å². The summed E-state index contributed by atoms with van der Waals surface area (Å²) < 4.78 is 36.6. The van der Waals surface area contributed by atoms with E-state index in [0.29, 0.717) is 12.1 Å². The number of carbonyl (C=O) groups is 1. The van der Waals surface area contributed by atoms with Gasteiger partial charge in [-0.05, 0) is 18.1 Å². The average Bonchev–Trinajstić information content (AvgIpc) is 2.27. The number of carbonyl (C=O) groups excluding carboxylic acids is 1. The Labute approximate surface area is 102 Å². The molecule has 17 heavy (non-hydrogen) atoms. The molecule has 0 fully saturated rings. The van der Waals surface area contributed by atoms with Gasteiger partial charge in [0.2, 0.25) is 5.38 Å². The summed E-state index contributed by atoms with van der Waals surface area (Å²) in [6.45, 7) is 1.84. The zero-order valence-electron chi connectivity index (χ0n) is 9.01. The summed E-state index contributed by atoms with van der Waals surface area (Å²) in [6.07, 6.45) is -4.14. The van der Waals surface area contributed by atoms with E-state index in [-0.39, 0.29) is 0 Å². The van der Waals surface area contributed by atoms with E-state index in [1.54, 1.807) is 18.2 Å². The standard InChI is InChI=1S/C11H11ClF3NO/c1-2-7-5-3-4-6-8(7)16-10(17)9(12)11(13,14)15/h3-6,9H,2H2,1H3,(H,16,17). The van der Waals surface area contributed by atoms with Gasteiger partial charge >= 0.3 is 6.18 Å². The molecule has 0 aliphatic carbocycles. The number of rotatable bonds is 3. The van der Waals surface area contributed by atoms with Crippen molar-refractivity contribution in [1.82, 2.24) is 0 Å². The van der Waals surface area contributed by atoms with Crippen LogP contribution in [0.4, 0.5) is 18.9 Å². The number of hydrogen-bond donors (Lipinski definition) is 1. The molecule has 0 heterocycles. The third-order valence-electron chi connectivity index (χ3n) is 2.17. The molecule has 0 aliphatic rings. The average molecular weight is 266 g/mol. The molecule has 2 nitrogen and oxygen atoms in total. The second-order valence-electron chi connectivity index (χ2n) is 3.40. The van der Waals surface area contributed by atoms with E-state index in [1.807, 2.05) is 6.92 Å². The summed E-state index contributed by atoms with van der Waals surface area (Å²) in [7, 11) is 0. The molecular formula is C11H11ClF3NO. The smallest absolute Gasteiger partial charge is 0.324 e. The Kier molecular flexibility index (Phi) is 4.40. The van der Waals surface area contributed by atoms with Crippen LogP contribution >= 0.6 is 11.6 Å². The molecule has 1 aromatic carbocycles. The summed E-state index contributed by atoms with van der Waals surface area (Å²) >= 11 is 5.02. The van der Waals surface area contributed by atoms with Crippen molar-refractivity contribution in [3.05, 3.63) is 29.8 Å². The van der Waals surface area contributed by atoms with E-state index >= 15 is 0 Å². The highest BCUT2D eigenvalue weighted by atomic mass is 35.5. The molecule has 1 amide bonds. The Morgan fingerprint density at radius 2 is 2.00 bits per heavy atom. The molecule has 0 bridgehead atoms. The number of nitrogens with one attached hydrogen (secondary N) is 1. The largest absolute Gasteiger partial charge is 0.413 e. The molecule has 1 unspecified atom stereocenters. The third kappa shape index (κ3) is 3.63. The Morgan fingerprint density at radius 1 is 1.41 bits per heavy atom. The van der Waals surface area contributed by atoms with Crippen molar-refractivity contribution in [3.63, 3.8) is 0 Å². The molecule has 0 saturated carbocycles. The first-order valence-corrected chi connectivity index (χ1v) is 5.39. The number of amides is 1. The SMILES string of the molecule is CCc1ccccc1NC(=O)C(Cl)C(F)(F)F. The molecule has 0 radical (unpaired) electrons. The van der Waals surface area contributed by atoms with E-state index in [4.69, 9.17) is 11.6 Å². The first-order chi connectivity index (χ1) is 7.86. The van der Waals surface area contributed by atoms with Crippen molar-refractivity contribution >= 4 is 23.2 Å². The topological polar surface area (TPSA) is 29.1 Å². The lowest BCUT2D eigenvalue weighted by Gasteiger charge is -2.15. The monoisotopic (exact) mass is 265 g/mol. The molecule has 94 valence electrons. The van der Waals surface area contributed by atoms with Gasteiger partial charge in [-0.3, -0.25) is 4.79 Å². The normalized spacial score (nSPS) is 13.2. The lowest BCUT2D eigenvalue weighted by atomic mass is 10.1. The van der Waals surface area contributed by atoms with E-state index in [1.165, 1.54) is 6.07 Å². The summed E-state index contributed by atoms with van der Waals surface area (Å²) in [5, 5.41) is -0.358. The van der Waals surface area contributed by atoms with Crippen LogP contribution in [0.1, 0.15) is 12.5 Å². The molecule has 0 aromatic heterocycles. The first-order valence-electron chi connectivity index (χ1n) is 4.95. The fraction of sp³-hybridized carbons (Fsp3) is 0.364. The lowest BCUT2D eigenvalue weighted by Crippen LogP contribution is -2.36. The molecule has 1 aromatic rings. The summed E-state index contributed by atoms with van der Waals surface area (Å²) in [5.74, 6) is -1.26. The van der Waals surface area contributed by atoms with Crippen LogP contribution < -0.4 is 5.32 Å². The molecular weight excluding hydrogens is 255 g/mol. The molecule has 1 N–H and O–H groups in total. The highest BCUT2D eigenvalue weighted by molar-refractivity contribution is 6.33. The van der Waals surface area contributed by atoms with Crippen LogP contribution in [-0.2, 0) is 11.2 Å². The number of benzene rings is 1. The van der Waals surface area contributed by atoms with Gasteiger partial charge in [-0.25, -0.2) is 0 Å². The molecule has 1 rings (SSSR count). The van der Waals surface area contributed by atoms with Crippen LogP contribution in [0.25, 0.3) is 0 Å². The minimum absolute atomic E-state index is 0.356. The number of para-hydroxylation sites is 1. The fourth-order valence-electron chi connectivity index (χ4n) is 1.30. The van der Waals surface area contributed by atoms with Crippen molar-refractivity contribution < 1.29 is 18.0 Å². The predicted molar refractivity (Wildman–Crippen MR) is 60.1 cm³/mol. The van der Waals surface area contributed by atoms with Gasteiger partial charge in [0.15, 0.2) is 0 Å². The number of anilines is 1. The van der Waals surface area contributed by atoms with Gasteiger partial charge < -0.3 is 5.32 Å². The van der Waals surface area contributed by atoms with E-state index in [0.717, 1.165) is 5.56 Å². The Morgan fingerprint density at radius 3 is 2.53 bits per heavy atom. The molecule has 6 heteroatoms. The zero-order chi connectivity index (χ0) is 13.1. The predicted octanol–water partition coefficient (Wildman–Crippen LogP) is 3.36. The Balaban J connectivity index is 2.81. The van der Waals surface area contributed by atoms with Crippen LogP contribution in [0.5, 0.6) is 0 Å². The maximum Gasteiger partial charge on any atom is 0.413 e. The van der Waals surface area contributed by atoms with Gasteiger partial charge in [0.25, 0.3) is 5.91 Å². The van der Waals surface area contributed by atoms with Crippen LogP contribution in [0.3, 0.4) is 0 Å². The van der Waals surface area contributed by atoms with Gasteiger partial charge in [-0.2, -0.15) is 13.2 Å². The number of aryl methyl sites for hydroxylation is 1. The van der Waals surface area contributed by atoms with Gasteiger partial charge in [0, 0.05) is 5.69 Å². The van der Waals surface area contributed by atoms with E-state index < -0.39 is 17.5 Å². The number of halogens is 4. The summed E-state index contributed by atoms with van der Waals surface area (Å²) in [4.78, 5) is 11.3. The van der Waals surface area contributed by atoms with Crippen LogP contribution in [0, 0.1) is 0 Å². The van der Waals surface area contributed by atoms with Gasteiger partial charge in [-0.1, -0.05) is 25.1 Å². The minimum atomic E-state index is -4.74. The maximum atomic E-state index is 12.2. The number of alkyl halides is 4. The van der Waals surface area contributed by atoms with Crippen molar-refractivity contribution in [2.24, 2.45) is 0 Å². The van der Waals surface area contributed by atoms with Crippen LogP contribution in [0.2, 0.25) is 0 Å². The van der Waals surface area contributed by atoms with Crippen LogP contribution in [0.15, 0.2) is 24.3 Å². The molecule has 0 saturated heterocycles. The zero-order valence-corrected chi connectivity index (χ0v) is 9.77. The quantitative estimate of drug-likeness (QED) is 0.835. The minimum Gasteiger partial charge on any atom is -0.324 e. The summed E-state index contributed by atoms with van der Waals surface area (Å²) in [5.41, 5.74) is 1.11. The van der Waals surface area contributed by atoms with Gasteiger partial charge in [0.05, 0.1) is 0 Å². The molecule has 0 spiro atoms. The maximum absolute atomic E-state index is 12.2. The fourth-order valence-corrected chi connectivity index (χ4v) is 1.35. The second kappa shape index (κ2) is 5.40. The van der Waals surface area contributed by atoms with E-state index in [9.17, 15) is 18.0 Å². The second-order valence-corrected chi connectivity index (χ2v) is 3.84.